The predicted molar refractivity (Wildman–Crippen MR) is 112 cm³/mol. The van der Waals surface area contributed by atoms with Gasteiger partial charge in [-0.1, -0.05) is 41.4 Å². The van der Waals surface area contributed by atoms with Gasteiger partial charge in [0.2, 0.25) is 0 Å². The number of rotatable bonds is 3. The van der Waals surface area contributed by atoms with Crippen LogP contribution in [0.5, 0.6) is 0 Å². The third-order valence-electron chi connectivity index (χ3n) is 4.58. The van der Waals surface area contributed by atoms with Gasteiger partial charge in [0, 0.05) is 23.1 Å². The lowest BCUT2D eigenvalue weighted by Gasteiger charge is -2.34. The molecule has 8 heteroatoms. The van der Waals surface area contributed by atoms with Crippen LogP contribution in [0, 0.1) is 0 Å². The minimum absolute atomic E-state index is 0.172. The summed E-state index contributed by atoms with van der Waals surface area (Å²) in [5, 5.41) is 6.13. The zero-order valence-corrected chi connectivity index (χ0v) is 16.9. The van der Waals surface area contributed by atoms with Crippen LogP contribution < -0.4 is 10.2 Å². The van der Waals surface area contributed by atoms with E-state index in [0.717, 1.165) is 5.56 Å². The molecule has 2 aromatic carbocycles. The normalized spacial score (nSPS) is 15.8. The first-order chi connectivity index (χ1) is 13.5. The number of hydrogen-bond donors (Lipinski definition) is 1. The zero-order chi connectivity index (χ0) is 19.7. The lowest BCUT2D eigenvalue weighted by atomic mass is 9.95. The summed E-state index contributed by atoms with van der Waals surface area (Å²) in [5.74, 6) is -0.425. The number of fused-ring (bicyclic) bond motifs is 1. The average molecular weight is 432 g/mol. The largest absolute Gasteiger partial charge is 0.345 e. The Hall–Kier alpha value is -2.41. The highest BCUT2D eigenvalue weighted by Crippen LogP contribution is 2.37. The number of thiazole rings is 1. The van der Waals surface area contributed by atoms with E-state index in [1.807, 2.05) is 6.07 Å². The quantitative estimate of drug-likeness (QED) is 0.636. The number of anilines is 1. The van der Waals surface area contributed by atoms with E-state index in [1.165, 1.54) is 11.3 Å². The van der Waals surface area contributed by atoms with Crippen LogP contribution in [0.25, 0.3) is 0 Å². The maximum absolute atomic E-state index is 12.9. The molecule has 1 N–H and O–H groups in total. The Morgan fingerprint density at radius 1 is 1.18 bits per heavy atom. The summed E-state index contributed by atoms with van der Waals surface area (Å²) >= 11 is 13.6. The number of carbonyl (C=O) groups excluding carboxylic acids is 2. The van der Waals surface area contributed by atoms with Gasteiger partial charge in [-0.25, -0.2) is 4.98 Å². The third-order valence-corrected chi connectivity index (χ3v) is 5.91. The molecule has 0 spiro atoms. The highest BCUT2D eigenvalue weighted by molar-refractivity contribution is 7.11. The molecule has 0 bridgehead atoms. The van der Waals surface area contributed by atoms with Gasteiger partial charge in [-0.3, -0.25) is 9.59 Å². The van der Waals surface area contributed by atoms with Crippen molar-refractivity contribution in [2.24, 2.45) is 0 Å². The lowest BCUT2D eigenvalue weighted by molar-refractivity contribution is 0.0933. The minimum atomic E-state index is -0.254. The molecule has 0 fully saturated rings. The van der Waals surface area contributed by atoms with Crippen molar-refractivity contribution >= 4 is 52.0 Å². The monoisotopic (exact) mass is 431 g/mol. The van der Waals surface area contributed by atoms with Crippen molar-refractivity contribution in [2.45, 2.75) is 12.5 Å². The number of carbonyl (C=O) groups is 2. The summed E-state index contributed by atoms with van der Waals surface area (Å²) in [6.45, 7) is 0.444. The molecule has 3 aromatic rings. The van der Waals surface area contributed by atoms with Crippen molar-refractivity contribution in [3.05, 3.63) is 80.2 Å². The van der Waals surface area contributed by atoms with Crippen LogP contribution in [0.2, 0.25) is 10.0 Å². The van der Waals surface area contributed by atoms with Crippen molar-refractivity contribution in [3.8, 4) is 0 Å². The Bertz CT molecular complexity index is 1040. The van der Waals surface area contributed by atoms with Gasteiger partial charge in [0.25, 0.3) is 11.8 Å². The summed E-state index contributed by atoms with van der Waals surface area (Å²) in [6.07, 6.45) is 2.18. The van der Waals surface area contributed by atoms with E-state index >= 15 is 0 Å². The minimum Gasteiger partial charge on any atom is -0.345 e. The van der Waals surface area contributed by atoms with Gasteiger partial charge >= 0.3 is 0 Å². The standard InChI is InChI=1S/C20H15Cl2N3O2S/c21-12-5-6-14-16(24-18(26)13-3-1-2-4-15(13)22)7-9-25(17(14)11-12)20(27)19-23-8-10-28-19/h1-6,8,10-11,16H,7,9H2,(H,24,26). The molecule has 0 saturated carbocycles. The summed E-state index contributed by atoms with van der Waals surface area (Å²) in [6, 6.07) is 12.0. The number of nitrogens with one attached hydrogen (secondary N) is 1. The van der Waals surface area contributed by atoms with Crippen LogP contribution in [-0.2, 0) is 0 Å². The molecule has 0 saturated heterocycles. The van der Waals surface area contributed by atoms with E-state index in [2.05, 4.69) is 10.3 Å². The molecule has 142 valence electrons. The second kappa shape index (κ2) is 7.91. The summed E-state index contributed by atoms with van der Waals surface area (Å²) in [4.78, 5) is 31.3. The van der Waals surface area contributed by atoms with E-state index in [9.17, 15) is 9.59 Å². The first kappa shape index (κ1) is 18.9. The van der Waals surface area contributed by atoms with Crippen molar-refractivity contribution in [1.82, 2.24) is 10.3 Å². The molecule has 0 aliphatic carbocycles. The number of amides is 2. The molecular weight excluding hydrogens is 417 g/mol. The summed E-state index contributed by atoms with van der Waals surface area (Å²) < 4.78 is 0. The van der Waals surface area contributed by atoms with Crippen LogP contribution in [0.1, 0.15) is 38.2 Å². The van der Waals surface area contributed by atoms with Crippen LogP contribution in [0.15, 0.2) is 54.0 Å². The molecule has 5 nitrogen and oxygen atoms in total. The lowest BCUT2D eigenvalue weighted by Crippen LogP contribution is -2.41. The highest BCUT2D eigenvalue weighted by atomic mass is 35.5. The Morgan fingerprint density at radius 3 is 2.75 bits per heavy atom. The predicted octanol–water partition coefficient (Wildman–Crippen LogP) is 4.97. The van der Waals surface area contributed by atoms with E-state index < -0.39 is 0 Å². The van der Waals surface area contributed by atoms with E-state index in [1.54, 1.807) is 52.9 Å². The molecule has 1 aliphatic heterocycles. The van der Waals surface area contributed by atoms with Gasteiger partial charge in [-0.15, -0.1) is 11.3 Å². The van der Waals surface area contributed by atoms with Crippen molar-refractivity contribution < 1.29 is 9.59 Å². The number of benzene rings is 2. The van der Waals surface area contributed by atoms with Crippen LogP contribution >= 0.6 is 34.5 Å². The molecule has 1 aliphatic rings. The fourth-order valence-electron chi connectivity index (χ4n) is 3.27. The van der Waals surface area contributed by atoms with Crippen LogP contribution in [0.4, 0.5) is 5.69 Å². The molecule has 0 radical (unpaired) electrons. The Balaban J connectivity index is 1.64. The molecule has 28 heavy (non-hydrogen) atoms. The van der Waals surface area contributed by atoms with Crippen molar-refractivity contribution in [1.29, 1.82) is 0 Å². The zero-order valence-electron chi connectivity index (χ0n) is 14.6. The Morgan fingerprint density at radius 2 is 2.00 bits per heavy atom. The van der Waals surface area contributed by atoms with Crippen molar-refractivity contribution in [2.75, 3.05) is 11.4 Å². The molecule has 1 atom stereocenters. The SMILES string of the molecule is O=C(NC1CCN(C(=O)c2nccs2)c2cc(Cl)ccc21)c1ccccc1Cl. The number of aromatic nitrogens is 1. The van der Waals surface area contributed by atoms with E-state index in [4.69, 9.17) is 23.2 Å². The number of halogens is 2. The van der Waals surface area contributed by atoms with Gasteiger partial charge in [0.05, 0.1) is 22.3 Å². The summed E-state index contributed by atoms with van der Waals surface area (Å²) in [5.41, 5.74) is 1.94. The third kappa shape index (κ3) is 3.63. The highest BCUT2D eigenvalue weighted by Gasteiger charge is 2.31. The second-order valence-electron chi connectivity index (χ2n) is 6.29. The molecule has 1 aromatic heterocycles. The van der Waals surface area contributed by atoms with Gasteiger partial charge in [0.15, 0.2) is 5.01 Å². The van der Waals surface area contributed by atoms with Crippen molar-refractivity contribution in [3.63, 3.8) is 0 Å². The maximum Gasteiger partial charge on any atom is 0.287 e. The van der Waals surface area contributed by atoms with E-state index in [0.29, 0.717) is 39.3 Å². The maximum atomic E-state index is 12.9. The smallest absolute Gasteiger partial charge is 0.287 e. The molecule has 4 rings (SSSR count). The first-order valence-electron chi connectivity index (χ1n) is 8.61. The summed E-state index contributed by atoms with van der Waals surface area (Å²) in [7, 11) is 0. The number of hydrogen-bond acceptors (Lipinski definition) is 4. The van der Waals surface area contributed by atoms with Gasteiger partial charge in [-0.05, 0) is 36.2 Å². The Kier molecular flexibility index (Phi) is 5.35. The Labute approximate surface area is 175 Å². The first-order valence-corrected chi connectivity index (χ1v) is 10.2. The van der Waals surface area contributed by atoms with Crippen LogP contribution in [-0.4, -0.2) is 23.3 Å². The molecule has 2 amide bonds. The van der Waals surface area contributed by atoms with Gasteiger partial charge < -0.3 is 10.2 Å². The fourth-order valence-corrected chi connectivity index (χ4v) is 4.24. The van der Waals surface area contributed by atoms with E-state index in [-0.39, 0.29) is 17.9 Å². The van der Waals surface area contributed by atoms with Crippen LogP contribution in [0.3, 0.4) is 0 Å². The molecule has 2 heterocycles. The average Bonchev–Trinajstić information content (AvgIpc) is 3.22. The molecular formula is C20H15Cl2N3O2S. The molecule has 1 unspecified atom stereocenters. The van der Waals surface area contributed by atoms with Gasteiger partial charge in [-0.2, -0.15) is 0 Å². The van der Waals surface area contributed by atoms with Gasteiger partial charge in [0.1, 0.15) is 0 Å². The topological polar surface area (TPSA) is 62.3 Å². The fraction of sp³-hybridized carbons (Fsp3) is 0.150. The second-order valence-corrected chi connectivity index (χ2v) is 8.03. The number of nitrogens with zero attached hydrogens (tertiary/aromatic N) is 2.